The summed E-state index contributed by atoms with van der Waals surface area (Å²) < 4.78 is 12.2. The number of nitrogens with one attached hydrogen (secondary N) is 1. The molecule has 1 unspecified atom stereocenters. The highest BCUT2D eigenvalue weighted by molar-refractivity contribution is 5.82. The number of H-pyrrole nitrogens is 1. The van der Waals surface area contributed by atoms with Crippen molar-refractivity contribution >= 4 is 34.0 Å². The maximum Gasteiger partial charge on any atom is 0.153 e. The van der Waals surface area contributed by atoms with E-state index in [9.17, 15) is 4.79 Å². The summed E-state index contributed by atoms with van der Waals surface area (Å²) in [5.74, 6) is 1.67. The number of aromatic nitrogens is 2. The highest BCUT2D eigenvalue weighted by atomic mass is 16.5. The van der Waals surface area contributed by atoms with E-state index in [4.69, 9.17) is 9.15 Å². The number of hydrogen-bond acceptors (Lipinski definition) is 7. The molecule has 8 nitrogen and oxygen atoms in total. The number of fused-ring (bicyclic) bond motifs is 2. The zero-order valence-electron chi connectivity index (χ0n) is 30.1. The number of aldehydes is 1. The highest BCUT2D eigenvalue weighted by Crippen LogP contribution is 2.53. The Morgan fingerprint density at radius 2 is 1.83 bits per heavy atom. The van der Waals surface area contributed by atoms with E-state index in [0.717, 1.165) is 67.9 Å². The third kappa shape index (κ3) is 6.18. The number of carbonyl (C=O) groups is 1. The molecule has 0 bridgehead atoms. The lowest BCUT2D eigenvalue weighted by molar-refractivity contribution is -0.0627. The van der Waals surface area contributed by atoms with Gasteiger partial charge in [0.15, 0.2) is 6.29 Å². The van der Waals surface area contributed by atoms with Crippen LogP contribution < -0.4 is 9.64 Å². The van der Waals surface area contributed by atoms with Gasteiger partial charge in [0.2, 0.25) is 0 Å². The molecule has 52 heavy (non-hydrogen) atoms. The van der Waals surface area contributed by atoms with Gasteiger partial charge in [-0.1, -0.05) is 56.3 Å². The number of furan rings is 1. The van der Waals surface area contributed by atoms with Gasteiger partial charge < -0.3 is 19.0 Å². The topological polar surface area (TPSA) is 77.8 Å². The fraction of sp³-hybridized carbons (Fsp3) is 0.364. The molecule has 9 rings (SSSR count). The lowest BCUT2D eigenvalue weighted by atomic mass is 9.59. The van der Waals surface area contributed by atoms with E-state index in [1.165, 1.54) is 47.8 Å². The van der Waals surface area contributed by atoms with Crippen molar-refractivity contribution < 1.29 is 13.9 Å². The standard InChI is InChI=1S/C44H47N5O3/c1-30(2)38-8-3-4-9-39(38)40-28-47(27-33-7-5-6-31-13-21-51-42(31)33)19-20-49(40)36-24-44(25-36)14-17-48(18-15-44)35-11-10-34(29-50)41(23-35)52-37-22-32-12-16-45-43(32)46-26-37/h3-13,16,21-23,26,29-30,36,40H,14-15,17-20,24-25,27-28H2,1-2H3,(H,45,46). The molecule has 5 heterocycles. The molecule has 1 saturated carbocycles. The minimum absolute atomic E-state index is 0.369. The van der Waals surface area contributed by atoms with Crippen LogP contribution in [0.3, 0.4) is 0 Å². The Labute approximate surface area is 305 Å². The molecule has 2 saturated heterocycles. The van der Waals surface area contributed by atoms with Gasteiger partial charge in [-0.15, -0.1) is 0 Å². The van der Waals surface area contributed by atoms with Crippen LogP contribution in [0.5, 0.6) is 11.5 Å². The van der Waals surface area contributed by atoms with Crippen LogP contribution in [-0.4, -0.2) is 64.8 Å². The number of piperazine rings is 1. The van der Waals surface area contributed by atoms with Gasteiger partial charge in [-0.25, -0.2) is 4.98 Å². The van der Waals surface area contributed by atoms with Gasteiger partial charge >= 0.3 is 0 Å². The third-order valence-electron chi connectivity index (χ3n) is 12.2. The number of pyridine rings is 1. The summed E-state index contributed by atoms with van der Waals surface area (Å²) in [7, 11) is 0. The smallest absolute Gasteiger partial charge is 0.153 e. The Bertz CT molecular complexity index is 2200. The lowest BCUT2D eigenvalue weighted by Gasteiger charge is -2.58. The summed E-state index contributed by atoms with van der Waals surface area (Å²) in [5, 5.41) is 2.15. The van der Waals surface area contributed by atoms with Crippen molar-refractivity contribution in [2.75, 3.05) is 37.6 Å². The van der Waals surface area contributed by atoms with Crippen LogP contribution in [0.25, 0.3) is 22.0 Å². The monoisotopic (exact) mass is 693 g/mol. The number of rotatable bonds is 9. The number of carbonyl (C=O) groups excluding carboxylic acids is 1. The SMILES string of the molecule is CC(C)c1ccccc1C1CN(Cc2cccc3ccoc23)CCN1C1CC2(CCN(c3ccc(C=O)c(Oc4cnc5[nH]ccc5c4)c3)CC2)C1. The van der Waals surface area contributed by atoms with Gasteiger partial charge in [0.05, 0.1) is 18.0 Å². The molecule has 3 fully saturated rings. The van der Waals surface area contributed by atoms with Crippen molar-refractivity contribution in [2.45, 2.75) is 64.1 Å². The van der Waals surface area contributed by atoms with E-state index < -0.39 is 0 Å². The Morgan fingerprint density at radius 1 is 0.962 bits per heavy atom. The fourth-order valence-electron chi connectivity index (χ4n) is 9.30. The molecule has 1 atom stereocenters. The van der Waals surface area contributed by atoms with Crippen LogP contribution in [0, 0.1) is 5.41 Å². The van der Waals surface area contributed by atoms with Gasteiger partial charge in [-0.05, 0) is 78.5 Å². The summed E-state index contributed by atoms with van der Waals surface area (Å²) in [5.41, 5.74) is 8.12. The van der Waals surface area contributed by atoms with Crippen LogP contribution in [0.2, 0.25) is 0 Å². The third-order valence-corrected chi connectivity index (χ3v) is 12.2. The summed E-state index contributed by atoms with van der Waals surface area (Å²) in [4.78, 5) is 27.5. The second-order valence-electron chi connectivity index (χ2n) is 15.6. The van der Waals surface area contributed by atoms with Crippen LogP contribution in [0.1, 0.15) is 78.5 Å². The molecule has 8 heteroatoms. The van der Waals surface area contributed by atoms with Crippen LogP contribution >= 0.6 is 0 Å². The van der Waals surface area contributed by atoms with E-state index in [1.54, 1.807) is 6.20 Å². The number of piperidine rings is 1. The Kier molecular flexibility index (Phi) is 8.60. The molecular weight excluding hydrogens is 647 g/mol. The first-order valence-electron chi connectivity index (χ1n) is 18.9. The van der Waals surface area contributed by atoms with Crippen molar-refractivity contribution in [3.63, 3.8) is 0 Å². The predicted molar refractivity (Wildman–Crippen MR) is 206 cm³/mol. The molecular formula is C44H47N5O3. The number of aromatic amines is 1. The van der Waals surface area contributed by atoms with E-state index in [1.807, 2.05) is 36.7 Å². The average molecular weight is 694 g/mol. The summed E-state index contributed by atoms with van der Waals surface area (Å²) in [6, 6.07) is 28.6. The molecule has 1 spiro atoms. The average Bonchev–Trinajstić information content (AvgIpc) is 3.84. The second-order valence-corrected chi connectivity index (χ2v) is 15.6. The number of hydrogen-bond donors (Lipinski definition) is 1. The predicted octanol–water partition coefficient (Wildman–Crippen LogP) is 9.35. The molecule has 6 aromatic rings. The minimum atomic E-state index is 0.369. The number of nitrogens with zero attached hydrogens (tertiary/aromatic N) is 4. The van der Waals surface area contributed by atoms with Crippen molar-refractivity contribution in [3.8, 4) is 11.5 Å². The number of anilines is 1. The summed E-state index contributed by atoms with van der Waals surface area (Å²) in [6.07, 6.45) is 11.1. The molecule has 3 aliphatic rings. The quantitative estimate of drug-likeness (QED) is 0.151. The first-order chi connectivity index (χ1) is 25.4. The highest BCUT2D eigenvalue weighted by Gasteiger charge is 2.50. The van der Waals surface area contributed by atoms with Crippen molar-refractivity contribution in [2.24, 2.45) is 5.41 Å². The molecule has 266 valence electrons. The maximum absolute atomic E-state index is 11.9. The van der Waals surface area contributed by atoms with Crippen LogP contribution in [0.4, 0.5) is 5.69 Å². The largest absolute Gasteiger partial charge is 0.464 e. The lowest BCUT2D eigenvalue weighted by Crippen LogP contribution is -2.60. The molecule has 3 aromatic carbocycles. The van der Waals surface area contributed by atoms with Gasteiger partial charge in [-0.2, -0.15) is 0 Å². The van der Waals surface area contributed by atoms with Crippen molar-refractivity contribution in [3.05, 3.63) is 120 Å². The molecule has 3 aromatic heterocycles. The number of ether oxygens (including phenoxy) is 1. The molecule has 0 radical (unpaired) electrons. The van der Waals surface area contributed by atoms with Crippen molar-refractivity contribution in [1.82, 2.24) is 19.8 Å². The Hall–Kier alpha value is -4.92. The van der Waals surface area contributed by atoms with Gasteiger partial charge in [0, 0.05) is 85.6 Å². The van der Waals surface area contributed by atoms with Gasteiger partial charge in [-0.3, -0.25) is 14.6 Å². The normalized spacial score (nSPS) is 19.8. The Balaban J connectivity index is 0.884. The minimum Gasteiger partial charge on any atom is -0.464 e. The maximum atomic E-state index is 11.9. The molecule has 1 aliphatic carbocycles. The molecule has 1 N–H and O–H groups in total. The number of benzene rings is 3. The molecule has 0 amide bonds. The summed E-state index contributed by atoms with van der Waals surface area (Å²) >= 11 is 0. The van der Waals surface area contributed by atoms with Crippen LogP contribution in [-0.2, 0) is 6.54 Å². The Morgan fingerprint density at radius 3 is 2.67 bits per heavy atom. The first-order valence-corrected chi connectivity index (χ1v) is 18.9. The second kappa shape index (κ2) is 13.6. The van der Waals surface area contributed by atoms with Gasteiger partial charge in [0.1, 0.15) is 22.7 Å². The first kappa shape index (κ1) is 33.0. The van der Waals surface area contributed by atoms with E-state index in [-0.39, 0.29) is 0 Å². The van der Waals surface area contributed by atoms with Crippen molar-refractivity contribution in [1.29, 1.82) is 0 Å². The summed E-state index contributed by atoms with van der Waals surface area (Å²) in [6.45, 7) is 10.7. The van der Waals surface area contributed by atoms with E-state index >= 15 is 0 Å². The van der Waals surface area contributed by atoms with E-state index in [0.29, 0.717) is 40.5 Å². The van der Waals surface area contributed by atoms with E-state index in [2.05, 4.69) is 93.1 Å². The zero-order valence-corrected chi connectivity index (χ0v) is 30.1. The molecule has 2 aliphatic heterocycles. The fourth-order valence-corrected chi connectivity index (χ4v) is 9.30. The zero-order chi connectivity index (χ0) is 35.2. The van der Waals surface area contributed by atoms with Crippen LogP contribution in [0.15, 0.2) is 102 Å². The van der Waals surface area contributed by atoms with Gasteiger partial charge in [0.25, 0.3) is 0 Å². The number of para-hydroxylation sites is 1.